The number of aromatic nitrogens is 6. The Morgan fingerprint density at radius 2 is 0.594 bits per heavy atom. The van der Waals surface area contributed by atoms with Crippen LogP contribution in [0.15, 0.2) is 382 Å². The Labute approximate surface area is 795 Å². The first-order valence-corrected chi connectivity index (χ1v) is 45.7. The van der Waals surface area contributed by atoms with Crippen LogP contribution in [0.4, 0.5) is 28.4 Å². The predicted molar refractivity (Wildman–Crippen MR) is 549 cm³/mol. The Morgan fingerprint density at radius 1 is 0.278 bits per heavy atom. The minimum Gasteiger partial charge on any atom is -0.341 e. The molecular weight excluding hydrogens is 1750 g/mol. The lowest BCUT2D eigenvalue weighted by Crippen LogP contribution is -2.13. The minimum atomic E-state index is -0.282. The normalized spacial score (nSPS) is 10.9. The van der Waals surface area contributed by atoms with Gasteiger partial charge in [0.2, 0.25) is 0 Å². The molecule has 0 unspecified atom stereocenters. The molecule has 0 aliphatic carbocycles. The third-order valence-electron chi connectivity index (χ3n) is 22.6. The van der Waals surface area contributed by atoms with Crippen molar-refractivity contribution in [1.29, 1.82) is 0 Å². The van der Waals surface area contributed by atoms with Crippen LogP contribution in [0.1, 0.15) is 107 Å². The topological polar surface area (TPSA) is 183 Å². The van der Waals surface area contributed by atoms with Gasteiger partial charge in [-0.1, -0.05) is 317 Å². The van der Waals surface area contributed by atoms with Gasteiger partial charge in [0.1, 0.15) is 10.8 Å². The molecule has 16 nitrogen and oxygen atoms in total. The molecular formula is C112H93Cl4N11O5S. The molecule has 0 saturated heterocycles. The van der Waals surface area contributed by atoms with Crippen LogP contribution >= 0.6 is 57.7 Å². The first-order valence-electron chi connectivity index (χ1n) is 43.3. The molecule has 5 amide bonds. The van der Waals surface area contributed by atoms with E-state index in [9.17, 15) is 24.0 Å². The van der Waals surface area contributed by atoms with Gasteiger partial charge in [-0.05, 0) is 171 Å². The lowest BCUT2D eigenvalue weighted by atomic mass is 10.1. The van der Waals surface area contributed by atoms with Gasteiger partial charge in [0.25, 0.3) is 29.5 Å². The molecule has 133 heavy (non-hydrogen) atoms. The number of nitrogens with zero attached hydrogens (tertiary/aromatic N) is 6. The molecule has 0 bridgehead atoms. The van der Waals surface area contributed by atoms with E-state index in [1.807, 2.05) is 152 Å². The van der Waals surface area contributed by atoms with Gasteiger partial charge in [-0.25, -0.2) is 4.98 Å². The summed E-state index contributed by atoms with van der Waals surface area (Å²) < 4.78 is 10.8. The smallest absolute Gasteiger partial charge is 0.274 e. The zero-order valence-electron chi connectivity index (χ0n) is 73.6. The summed E-state index contributed by atoms with van der Waals surface area (Å²) in [6.07, 6.45) is 9.97. The van der Waals surface area contributed by atoms with E-state index in [4.69, 9.17) is 46.4 Å². The number of hydrogen-bond acceptors (Lipinski definition) is 7. The van der Waals surface area contributed by atoms with Crippen molar-refractivity contribution >= 4 is 170 Å². The van der Waals surface area contributed by atoms with E-state index in [1.165, 1.54) is 67.0 Å². The van der Waals surface area contributed by atoms with E-state index in [2.05, 4.69) is 241 Å². The van der Waals surface area contributed by atoms with E-state index in [1.54, 1.807) is 78.9 Å². The van der Waals surface area contributed by atoms with Crippen molar-refractivity contribution < 1.29 is 24.0 Å². The monoisotopic (exact) mass is 1840 g/mol. The number of amides is 5. The van der Waals surface area contributed by atoms with Crippen LogP contribution < -0.4 is 26.6 Å². The van der Waals surface area contributed by atoms with Crippen molar-refractivity contribution in [3.63, 3.8) is 0 Å². The van der Waals surface area contributed by atoms with Crippen LogP contribution in [-0.4, -0.2) is 57.4 Å². The summed E-state index contributed by atoms with van der Waals surface area (Å²) in [5.41, 5.74) is 23.6. The van der Waals surface area contributed by atoms with Crippen LogP contribution in [0.3, 0.4) is 0 Å². The van der Waals surface area contributed by atoms with Gasteiger partial charge in [0.15, 0.2) is 0 Å². The lowest BCUT2D eigenvalue weighted by molar-refractivity contribution is 0.101. The Hall–Kier alpha value is -15.1. The number of carbonyl (C=O) groups excluding carboxylic acids is 5. The van der Waals surface area contributed by atoms with Crippen molar-refractivity contribution in [3.8, 4) is 0 Å². The first kappa shape index (κ1) is 91.2. The number of thiophene rings is 1. The molecule has 20 aromatic rings. The second-order valence-electron chi connectivity index (χ2n) is 32.5. The zero-order chi connectivity index (χ0) is 92.4. The van der Waals surface area contributed by atoms with Crippen molar-refractivity contribution in [2.45, 2.75) is 67.3 Å². The molecule has 5 N–H and O–H groups in total. The van der Waals surface area contributed by atoms with Crippen molar-refractivity contribution in [1.82, 2.24) is 27.8 Å². The number of aryl methyl sites for hydroxylation is 5. The standard InChI is InChI=1S/3C23H19ClN2O.C22H18ClN3O.C21H18N2OS/c1-16-10-12-17(13-11-16)14-26-15-21(19-7-3-5-9-22(19)26)25-23(27)18-6-2-4-8-20(18)24;1-16-9-11-17(12-10-16)14-26-15-21(20-7-2-3-8-22(20)26)25-23(27)18-5-4-6-19(24)13-18;1-16-6-8-17(9-7-16)14-26-15-21(20-4-2-3-5-22(20)26)25-23(27)18-10-12-19(24)13-11-18;1-15-9-11-16(12-10-15)13-26-14-19(17-5-2-3-7-20(17)26)25-22(27)18-6-4-8-21(23)24-18;1-15-8-10-16(11-9-15)13-23-14-18(17-5-2-3-6-19(17)23)22-21(24)20-7-4-12-25-20/h3*2-13,15H,14H2,1H3,(H,25,27);2-12,14H,13H2,1H3,(H,25,27);2-12,14H,13H2,1H3,(H,22,24). The predicted octanol–water partition coefficient (Wildman–Crippen LogP) is 28.3. The largest absolute Gasteiger partial charge is 0.341 e. The third-order valence-corrected chi connectivity index (χ3v) is 24.5. The second kappa shape index (κ2) is 42.7. The maximum absolute atomic E-state index is 12.7. The average Bonchev–Trinajstić information content (AvgIpc) is 1.66. The molecule has 7 aromatic heterocycles. The number of benzene rings is 13. The Morgan fingerprint density at radius 3 is 0.932 bits per heavy atom. The third kappa shape index (κ3) is 23.2. The lowest BCUT2D eigenvalue weighted by Gasteiger charge is -2.06. The number of rotatable bonds is 20. The first-order chi connectivity index (χ1) is 64.6. The number of para-hydroxylation sites is 5. The molecule has 0 aliphatic rings. The molecule has 0 radical (unpaired) electrons. The van der Waals surface area contributed by atoms with Crippen LogP contribution in [0.5, 0.6) is 0 Å². The number of carbonyl (C=O) groups is 5. The van der Waals surface area contributed by atoms with Crippen LogP contribution in [0.2, 0.25) is 20.2 Å². The maximum Gasteiger partial charge on any atom is 0.274 e. The second-order valence-corrected chi connectivity index (χ2v) is 35.1. The summed E-state index contributed by atoms with van der Waals surface area (Å²) in [5.74, 6) is -0.872. The summed E-state index contributed by atoms with van der Waals surface area (Å²) in [6.45, 7) is 14.1. The highest BCUT2D eigenvalue weighted by molar-refractivity contribution is 7.12. The van der Waals surface area contributed by atoms with Gasteiger partial charge in [0, 0.05) is 112 Å². The SMILES string of the molecule is Cc1ccc(Cn2cc(NC(=O)c3ccc(Cl)cc3)c3ccccc32)cc1.Cc1ccc(Cn2cc(NC(=O)c3cccc(Cl)c3)c3ccccc32)cc1.Cc1ccc(Cn2cc(NC(=O)c3cccc(Cl)n3)c3ccccc32)cc1.Cc1ccc(Cn2cc(NC(=O)c3ccccc3Cl)c3ccccc32)cc1.Cc1ccc(Cn2cc(NC(=O)c3cccs3)c3ccccc32)cc1. The molecule has 0 saturated carbocycles. The fraction of sp³-hybridized carbons (Fsp3) is 0.0893. The summed E-state index contributed by atoms with van der Waals surface area (Å²) >= 11 is 25.4. The molecule has 21 heteroatoms. The number of pyridine rings is 1. The summed E-state index contributed by atoms with van der Waals surface area (Å²) in [5, 5.41) is 24.0. The van der Waals surface area contributed by atoms with Crippen LogP contribution in [0, 0.1) is 34.6 Å². The molecule has 0 aliphatic heterocycles. The van der Waals surface area contributed by atoms with Gasteiger partial charge >= 0.3 is 0 Å². The zero-order valence-corrected chi connectivity index (χ0v) is 77.4. The number of hydrogen-bond donors (Lipinski definition) is 5. The van der Waals surface area contributed by atoms with Gasteiger partial charge in [0.05, 0.1) is 71.5 Å². The van der Waals surface area contributed by atoms with Crippen LogP contribution in [0.25, 0.3) is 54.5 Å². The van der Waals surface area contributed by atoms with Crippen molar-refractivity contribution in [2.75, 3.05) is 26.6 Å². The minimum absolute atomic E-state index is 0.0618. The van der Waals surface area contributed by atoms with E-state index in [-0.39, 0.29) is 35.2 Å². The Balaban J connectivity index is 0.000000121. The number of fused-ring (bicyclic) bond motifs is 5. The van der Waals surface area contributed by atoms with Gasteiger partial charge in [-0.3, -0.25) is 24.0 Å². The highest BCUT2D eigenvalue weighted by Crippen LogP contribution is 2.35. The highest BCUT2D eigenvalue weighted by atomic mass is 35.5. The molecule has 0 spiro atoms. The van der Waals surface area contributed by atoms with Gasteiger partial charge < -0.3 is 49.4 Å². The molecule has 0 atom stereocenters. The molecule has 20 rings (SSSR count). The average molecular weight is 1850 g/mol. The van der Waals surface area contributed by atoms with Crippen LogP contribution in [-0.2, 0) is 32.7 Å². The Bertz CT molecular complexity index is 7350. The number of halogens is 4. The fourth-order valence-corrected chi connectivity index (χ4v) is 16.9. The molecule has 7 heterocycles. The van der Waals surface area contributed by atoms with Crippen molar-refractivity contribution in [3.05, 3.63) is 485 Å². The molecule has 13 aromatic carbocycles. The molecule has 0 fully saturated rings. The quantitative estimate of drug-likeness (QED) is 0.0473. The van der Waals surface area contributed by atoms with E-state index >= 15 is 0 Å². The Kier molecular flexibility index (Phi) is 29.3. The van der Waals surface area contributed by atoms with Gasteiger partial charge in [-0.15, -0.1) is 11.3 Å². The number of nitrogens with one attached hydrogen (secondary N) is 5. The van der Waals surface area contributed by atoms with E-state index in [0.29, 0.717) is 36.9 Å². The molecule has 660 valence electrons. The maximum atomic E-state index is 12.7. The van der Waals surface area contributed by atoms with Gasteiger partial charge in [-0.2, -0.15) is 0 Å². The highest BCUT2D eigenvalue weighted by Gasteiger charge is 2.21. The van der Waals surface area contributed by atoms with E-state index in [0.717, 1.165) is 121 Å². The summed E-state index contributed by atoms with van der Waals surface area (Å²) in [6, 6.07) is 113. The fourth-order valence-electron chi connectivity index (χ4n) is 15.6. The summed E-state index contributed by atoms with van der Waals surface area (Å²) in [4.78, 5) is 67.7. The summed E-state index contributed by atoms with van der Waals surface area (Å²) in [7, 11) is 0. The number of anilines is 5. The van der Waals surface area contributed by atoms with Crippen molar-refractivity contribution in [2.24, 2.45) is 0 Å². The van der Waals surface area contributed by atoms with E-state index < -0.39 is 0 Å².